The molecule has 3 N–H and O–H groups in total. The molecule has 0 radical (unpaired) electrons. The van der Waals surface area contributed by atoms with Crippen molar-refractivity contribution in [1.29, 1.82) is 0 Å². The Bertz CT molecular complexity index is 740. The van der Waals surface area contributed by atoms with Crippen LogP contribution in [0, 0.1) is 17.6 Å². The maximum atomic E-state index is 13.3. The molecule has 2 atom stereocenters. The number of amides is 1. The third kappa shape index (κ3) is 4.67. The second-order valence-electron chi connectivity index (χ2n) is 5.77. The first-order chi connectivity index (χ1) is 11.6. The Morgan fingerprint density at radius 3 is 2.52 bits per heavy atom. The topological polar surface area (TPSA) is 64.3 Å². The lowest BCUT2D eigenvalue weighted by Gasteiger charge is -2.08. The van der Waals surface area contributed by atoms with Gasteiger partial charge in [0.05, 0.1) is 0 Å². The fraction of sp³-hybridized carbons (Fsp3) is 0.278. The molecule has 1 amide bonds. The van der Waals surface area contributed by atoms with Crippen LogP contribution in [0.1, 0.15) is 17.9 Å². The van der Waals surface area contributed by atoms with Crippen molar-refractivity contribution >= 4 is 24.0 Å². The lowest BCUT2D eigenvalue weighted by molar-refractivity contribution is -0.117. The van der Waals surface area contributed by atoms with Crippen molar-refractivity contribution in [2.24, 2.45) is 11.7 Å². The van der Waals surface area contributed by atoms with E-state index in [1.54, 1.807) is 24.3 Å². The summed E-state index contributed by atoms with van der Waals surface area (Å²) in [5, 5.41) is 2.83. The molecule has 134 valence electrons. The minimum absolute atomic E-state index is 0. The monoisotopic (exact) mass is 368 g/mol. The Hall–Kier alpha value is -2.18. The maximum Gasteiger partial charge on any atom is 0.228 e. The first-order valence-electron chi connectivity index (χ1n) is 7.77. The van der Waals surface area contributed by atoms with E-state index in [0.717, 1.165) is 12.1 Å². The van der Waals surface area contributed by atoms with Crippen molar-refractivity contribution in [2.45, 2.75) is 12.3 Å². The van der Waals surface area contributed by atoms with Gasteiger partial charge in [0.2, 0.25) is 5.91 Å². The van der Waals surface area contributed by atoms with Gasteiger partial charge in [0.1, 0.15) is 12.4 Å². The molecule has 0 spiro atoms. The number of benzene rings is 2. The summed E-state index contributed by atoms with van der Waals surface area (Å²) in [6.07, 6.45) is 0.634. The Labute approximate surface area is 150 Å². The third-order valence-electron chi connectivity index (χ3n) is 4.01. The lowest BCUT2D eigenvalue weighted by Crippen LogP contribution is -2.14. The largest absolute Gasteiger partial charge is 0.492 e. The highest BCUT2D eigenvalue weighted by atomic mass is 35.5. The normalized spacial score (nSPS) is 18.2. The van der Waals surface area contributed by atoms with Crippen molar-refractivity contribution in [3.8, 4) is 5.75 Å². The Morgan fingerprint density at radius 2 is 1.88 bits per heavy atom. The first-order valence-corrected chi connectivity index (χ1v) is 7.77. The molecule has 1 saturated carbocycles. The summed E-state index contributed by atoms with van der Waals surface area (Å²) in [6, 6.07) is 10.8. The van der Waals surface area contributed by atoms with Crippen LogP contribution in [0.25, 0.3) is 0 Å². The minimum Gasteiger partial charge on any atom is -0.492 e. The van der Waals surface area contributed by atoms with Gasteiger partial charge in [0.15, 0.2) is 11.6 Å². The summed E-state index contributed by atoms with van der Waals surface area (Å²) in [7, 11) is 0. The van der Waals surface area contributed by atoms with Crippen LogP contribution in [0.15, 0.2) is 42.5 Å². The summed E-state index contributed by atoms with van der Waals surface area (Å²) in [6.45, 7) is 0.870. The molecular formula is C18H19ClF2N2O2. The number of hydrogen-bond acceptors (Lipinski definition) is 3. The Kier molecular flexibility index (Phi) is 6.33. The van der Waals surface area contributed by atoms with E-state index in [0.29, 0.717) is 36.6 Å². The van der Waals surface area contributed by atoms with Crippen LogP contribution in [0.3, 0.4) is 0 Å². The fourth-order valence-corrected chi connectivity index (χ4v) is 2.64. The fourth-order valence-electron chi connectivity index (χ4n) is 2.64. The summed E-state index contributed by atoms with van der Waals surface area (Å²) in [4.78, 5) is 12.2. The third-order valence-corrected chi connectivity index (χ3v) is 4.01. The van der Waals surface area contributed by atoms with Crippen LogP contribution in [0.2, 0.25) is 0 Å². The van der Waals surface area contributed by atoms with Crippen LogP contribution >= 0.6 is 12.4 Å². The number of carbonyl (C=O) groups is 1. The van der Waals surface area contributed by atoms with Gasteiger partial charge in [-0.15, -0.1) is 12.4 Å². The molecule has 0 bridgehead atoms. The second-order valence-corrected chi connectivity index (χ2v) is 5.77. The number of nitrogens with one attached hydrogen (secondary N) is 1. The summed E-state index contributed by atoms with van der Waals surface area (Å²) >= 11 is 0. The van der Waals surface area contributed by atoms with Crippen molar-refractivity contribution in [3.63, 3.8) is 0 Å². The molecule has 0 aliphatic heterocycles. The van der Waals surface area contributed by atoms with E-state index in [9.17, 15) is 13.6 Å². The zero-order valence-electron chi connectivity index (χ0n) is 13.4. The summed E-state index contributed by atoms with van der Waals surface area (Å²) in [5.74, 6) is -1.48. The molecule has 2 aromatic carbocycles. The molecule has 2 aromatic rings. The van der Waals surface area contributed by atoms with Crippen LogP contribution in [0.5, 0.6) is 5.75 Å². The van der Waals surface area contributed by atoms with Crippen molar-refractivity contribution in [1.82, 2.24) is 0 Å². The molecule has 1 fully saturated rings. The van der Waals surface area contributed by atoms with E-state index in [4.69, 9.17) is 10.5 Å². The molecule has 3 rings (SSSR count). The van der Waals surface area contributed by atoms with Gasteiger partial charge in [-0.2, -0.15) is 0 Å². The summed E-state index contributed by atoms with van der Waals surface area (Å²) in [5.41, 5.74) is 6.68. The van der Waals surface area contributed by atoms with E-state index in [-0.39, 0.29) is 30.2 Å². The predicted molar refractivity (Wildman–Crippen MR) is 94.1 cm³/mol. The number of halogens is 3. The quantitative estimate of drug-likeness (QED) is 0.820. The van der Waals surface area contributed by atoms with E-state index in [2.05, 4.69) is 5.32 Å². The van der Waals surface area contributed by atoms with Gasteiger partial charge in [0.25, 0.3) is 0 Å². The molecule has 4 nitrogen and oxygen atoms in total. The first kappa shape index (κ1) is 19.1. The van der Waals surface area contributed by atoms with Gasteiger partial charge in [0, 0.05) is 18.2 Å². The molecular weight excluding hydrogens is 350 g/mol. The van der Waals surface area contributed by atoms with E-state index < -0.39 is 11.6 Å². The van der Waals surface area contributed by atoms with Crippen molar-refractivity contribution in [2.75, 3.05) is 18.5 Å². The molecule has 7 heteroatoms. The number of rotatable bonds is 6. The van der Waals surface area contributed by atoms with Crippen LogP contribution in [0.4, 0.5) is 14.5 Å². The highest BCUT2D eigenvalue weighted by Gasteiger charge is 2.44. The van der Waals surface area contributed by atoms with Crippen molar-refractivity contribution in [3.05, 3.63) is 59.7 Å². The SMILES string of the molecule is Cl.NCCOc1ccc(NC(=O)C2CC2c2ccc(F)c(F)c2)cc1. The summed E-state index contributed by atoms with van der Waals surface area (Å²) < 4.78 is 31.6. The average Bonchev–Trinajstić information content (AvgIpc) is 3.37. The standard InChI is InChI=1S/C18H18F2N2O2.ClH/c19-16-6-1-11(9-17(16)20)14-10-15(14)18(23)22-12-2-4-13(5-3-12)24-8-7-21;/h1-6,9,14-15H,7-8,10,21H2,(H,22,23);1H. The van der Waals surface area contributed by atoms with Gasteiger partial charge in [-0.25, -0.2) is 8.78 Å². The highest BCUT2D eigenvalue weighted by molar-refractivity contribution is 5.95. The van der Waals surface area contributed by atoms with Crippen molar-refractivity contribution < 1.29 is 18.3 Å². The average molecular weight is 369 g/mol. The lowest BCUT2D eigenvalue weighted by atomic mass is 10.1. The van der Waals surface area contributed by atoms with E-state index in [1.807, 2.05) is 0 Å². The Morgan fingerprint density at radius 1 is 1.16 bits per heavy atom. The predicted octanol–water partition coefficient (Wildman–Crippen LogP) is 3.47. The van der Waals surface area contributed by atoms with Crippen LogP contribution in [-0.2, 0) is 4.79 Å². The van der Waals surface area contributed by atoms with Gasteiger partial charge in [-0.3, -0.25) is 4.79 Å². The molecule has 2 unspecified atom stereocenters. The molecule has 1 aliphatic rings. The second kappa shape index (κ2) is 8.27. The zero-order valence-corrected chi connectivity index (χ0v) is 14.2. The zero-order chi connectivity index (χ0) is 17.1. The molecule has 0 heterocycles. The van der Waals surface area contributed by atoms with Crippen LogP contribution < -0.4 is 15.8 Å². The molecule has 25 heavy (non-hydrogen) atoms. The number of hydrogen-bond donors (Lipinski definition) is 2. The highest BCUT2D eigenvalue weighted by Crippen LogP contribution is 2.48. The van der Waals surface area contributed by atoms with Gasteiger partial charge >= 0.3 is 0 Å². The molecule has 1 aliphatic carbocycles. The number of carbonyl (C=O) groups excluding carboxylic acids is 1. The van der Waals surface area contributed by atoms with Crippen LogP contribution in [-0.4, -0.2) is 19.1 Å². The Balaban J connectivity index is 0.00000225. The molecule has 0 saturated heterocycles. The van der Waals surface area contributed by atoms with Gasteiger partial charge < -0.3 is 15.8 Å². The number of anilines is 1. The number of nitrogens with two attached hydrogens (primary N) is 1. The van der Waals surface area contributed by atoms with E-state index in [1.165, 1.54) is 6.07 Å². The van der Waals surface area contributed by atoms with Gasteiger partial charge in [-0.1, -0.05) is 6.07 Å². The smallest absolute Gasteiger partial charge is 0.228 e. The minimum atomic E-state index is -0.883. The van der Waals surface area contributed by atoms with E-state index >= 15 is 0 Å². The molecule has 0 aromatic heterocycles. The maximum absolute atomic E-state index is 13.3. The number of ether oxygens (including phenoxy) is 1. The van der Waals surface area contributed by atoms with Gasteiger partial charge in [-0.05, 0) is 54.3 Å².